The first-order valence-corrected chi connectivity index (χ1v) is 8.77. The van der Waals surface area contributed by atoms with Crippen LogP contribution >= 0.6 is 0 Å². The van der Waals surface area contributed by atoms with Crippen molar-refractivity contribution in [1.29, 1.82) is 0 Å². The summed E-state index contributed by atoms with van der Waals surface area (Å²) in [6.07, 6.45) is -4.81. The molecule has 2 aromatic heterocycles. The van der Waals surface area contributed by atoms with E-state index in [-0.39, 0.29) is 11.6 Å². The average molecular weight is 405 g/mol. The van der Waals surface area contributed by atoms with Crippen LogP contribution in [0.25, 0.3) is 21.9 Å². The van der Waals surface area contributed by atoms with Crippen LogP contribution < -0.4 is 10.9 Å². The topological polar surface area (TPSA) is 55.4 Å². The quantitative estimate of drug-likeness (QED) is 0.310. The van der Waals surface area contributed by atoms with Gasteiger partial charge in [0.15, 0.2) is 0 Å². The van der Waals surface area contributed by atoms with E-state index in [2.05, 4.69) is 5.32 Å². The lowest BCUT2D eigenvalue weighted by atomic mass is 10.1. The van der Waals surface area contributed by atoms with Crippen molar-refractivity contribution in [2.45, 2.75) is 25.9 Å². The molecule has 1 N–H and O–H groups in total. The summed E-state index contributed by atoms with van der Waals surface area (Å²) in [5.74, 6) is -0.928. The fourth-order valence-corrected chi connectivity index (χ4v) is 3.18. The van der Waals surface area contributed by atoms with Crippen molar-refractivity contribution < 1.29 is 26.4 Å². The summed E-state index contributed by atoms with van der Waals surface area (Å²) in [6.45, 7) is 3.74. The number of alkyl halides is 3. The number of hydrogen-bond donors (Lipinski definition) is 1. The lowest BCUT2D eigenvalue weighted by molar-refractivity contribution is -0.139. The van der Waals surface area contributed by atoms with Gasteiger partial charge >= 0.3 is 11.8 Å². The van der Waals surface area contributed by atoms with Crippen molar-refractivity contribution in [1.82, 2.24) is 0 Å². The van der Waals surface area contributed by atoms with Gasteiger partial charge in [0.1, 0.15) is 22.7 Å². The van der Waals surface area contributed by atoms with Gasteiger partial charge in [-0.25, -0.2) is 9.18 Å². The molecule has 150 valence electrons. The van der Waals surface area contributed by atoms with Crippen LogP contribution in [-0.4, -0.2) is 0 Å². The normalized spacial score (nSPS) is 12.2. The third-order valence-electron chi connectivity index (χ3n) is 4.52. The van der Waals surface area contributed by atoms with Crippen LogP contribution in [0.15, 0.2) is 56.1 Å². The van der Waals surface area contributed by atoms with E-state index >= 15 is 0 Å². The maximum absolute atomic E-state index is 13.6. The van der Waals surface area contributed by atoms with Gasteiger partial charge in [-0.1, -0.05) is 13.8 Å². The highest BCUT2D eigenvalue weighted by molar-refractivity contribution is 6.01. The monoisotopic (exact) mass is 405 g/mol. The first kappa shape index (κ1) is 19.0. The minimum atomic E-state index is -4.81. The largest absolute Gasteiger partial charge is 0.458 e. The van der Waals surface area contributed by atoms with Gasteiger partial charge in [0.2, 0.25) is 0 Å². The Labute approximate surface area is 161 Å². The molecule has 8 heteroatoms. The van der Waals surface area contributed by atoms with Gasteiger partial charge in [-0.05, 0) is 30.3 Å². The SMILES string of the molecule is CC(C)c1oc2cc3oc(=O)ccc3cc2c1Nc1ccc(F)c(C(F)(F)F)c1. The zero-order chi connectivity index (χ0) is 20.9. The minimum absolute atomic E-state index is 0.0722. The summed E-state index contributed by atoms with van der Waals surface area (Å²) in [5.41, 5.74) is -0.561. The molecule has 0 fully saturated rings. The lowest BCUT2D eigenvalue weighted by Crippen LogP contribution is -2.08. The highest BCUT2D eigenvalue weighted by Gasteiger charge is 2.34. The maximum atomic E-state index is 13.6. The Kier molecular flexibility index (Phi) is 4.37. The first-order chi connectivity index (χ1) is 13.6. The Balaban J connectivity index is 1.89. The Morgan fingerprint density at radius 1 is 0.966 bits per heavy atom. The molecule has 2 aromatic carbocycles. The predicted octanol–water partition coefficient (Wildman–Crippen LogP) is 6.56. The highest BCUT2D eigenvalue weighted by Crippen LogP contribution is 2.40. The molecule has 0 aliphatic rings. The molecule has 4 nitrogen and oxygen atoms in total. The molecule has 4 aromatic rings. The number of hydrogen-bond acceptors (Lipinski definition) is 4. The second kappa shape index (κ2) is 6.65. The molecule has 4 rings (SSSR count). The zero-order valence-corrected chi connectivity index (χ0v) is 15.4. The van der Waals surface area contributed by atoms with E-state index < -0.39 is 23.2 Å². The van der Waals surface area contributed by atoms with E-state index in [0.29, 0.717) is 33.4 Å². The molecule has 0 bridgehead atoms. The van der Waals surface area contributed by atoms with Crippen molar-refractivity contribution in [3.8, 4) is 0 Å². The number of fused-ring (bicyclic) bond motifs is 2. The Morgan fingerprint density at radius 3 is 2.41 bits per heavy atom. The van der Waals surface area contributed by atoms with Crippen LogP contribution in [-0.2, 0) is 6.18 Å². The number of anilines is 2. The molecule has 2 heterocycles. The Hall–Kier alpha value is -3.29. The van der Waals surface area contributed by atoms with Crippen molar-refractivity contribution in [2.75, 3.05) is 5.32 Å². The van der Waals surface area contributed by atoms with Gasteiger partial charge in [-0.15, -0.1) is 0 Å². The molecule has 0 aliphatic heterocycles. The third-order valence-corrected chi connectivity index (χ3v) is 4.52. The number of nitrogens with one attached hydrogen (secondary N) is 1. The van der Waals surface area contributed by atoms with E-state index in [4.69, 9.17) is 8.83 Å². The number of halogens is 4. The highest BCUT2D eigenvalue weighted by atomic mass is 19.4. The van der Waals surface area contributed by atoms with Crippen molar-refractivity contribution in [3.05, 3.63) is 70.0 Å². The van der Waals surface area contributed by atoms with Crippen LogP contribution in [0.1, 0.15) is 31.1 Å². The van der Waals surface area contributed by atoms with E-state index in [9.17, 15) is 22.4 Å². The van der Waals surface area contributed by atoms with E-state index in [0.717, 1.165) is 12.1 Å². The molecule has 0 amide bonds. The summed E-state index contributed by atoms with van der Waals surface area (Å²) < 4.78 is 63.8. The number of benzene rings is 2. The maximum Gasteiger partial charge on any atom is 0.419 e. The molecular weight excluding hydrogens is 390 g/mol. The standard InChI is InChI=1S/C21H15F4NO3/c1-10(2)20-19(26-12-4-5-15(22)14(8-12)21(23,24)25)13-7-11-3-6-18(27)28-16(11)9-17(13)29-20/h3-10,26H,1-2H3. The average Bonchev–Trinajstić information content (AvgIpc) is 2.98. The van der Waals surface area contributed by atoms with E-state index in [1.807, 2.05) is 13.8 Å². The van der Waals surface area contributed by atoms with Gasteiger partial charge < -0.3 is 14.2 Å². The van der Waals surface area contributed by atoms with Crippen LogP contribution in [0, 0.1) is 5.82 Å². The van der Waals surface area contributed by atoms with Crippen molar-refractivity contribution in [2.24, 2.45) is 0 Å². The van der Waals surface area contributed by atoms with Crippen LogP contribution in [0.2, 0.25) is 0 Å². The van der Waals surface area contributed by atoms with Gasteiger partial charge in [0.05, 0.1) is 11.3 Å². The Morgan fingerprint density at radius 2 is 1.72 bits per heavy atom. The van der Waals surface area contributed by atoms with E-state index in [1.165, 1.54) is 12.1 Å². The molecule has 0 atom stereocenters. The van der Waals surface area contributed by atoms with Gasteiger partial charge in [-0.2, -0.15) is 13.2 Å². The summed E-state index contributed by atoms with van der Waals surface area (Å²) in [7, 11) is 0. The van der Waals surface area contributed by atoms with Crippen molar-refractivity contribution >= 4 is 33.3 Å². The van der Waals surface area contributed by atoms with Gasteiger partial charge in [-0.3, -0.25) is 0 Å². The summed E-state index contributed by atoms with van der Waals surface area (Å²) >= 11 is 0. The summed E-state index contributed by atoms with van der Waals surface area (Å²) in [4.78, 5) is 11.4. The van der Waals surface area contributed by atoms with Gasteiger partial charge in [0.25, 0.3) is 0 Å². The summed E-state index contributed by atoms with van der Waals surface area (Å²) in [6, 6.07) is 8.87. The van der Waals surface area contributed by atoms with Crippen LogP contribution in [0.5, 0.6) is 0 Å². The molecule has 0 saturated heterocycles. The third kappa shape index (κ3) is 3.46. The smallest absolute Gasteiger partial charge is 0.419 e. The van der Waals surface area contributed by atoms with Crippen molar-refractivity contribution in [3.63, 3.8) is 0 Å². The molecule has 0 aliphatic carbocycles. The molecule has 0 radical (unpaired) electrons. The number of rotatable bonds is 3. The Bertz CT molecular complexity index is 1290. The molecule has 0 spiro atoms. The zero-order valence-electron chi connectivity index (χ0n) is 15.4. The fourth-order valence-electron chi connectivity index (χ4n) is 3.18. The fraction of sp³-hybridized carbons (Fsp3) is 0.190. The predicted molar refractivity (Wildman–Crippen MR) is 101 cm³/mol. The lowest BCUT2D eigenvalue weighted by Gasteiger charge is -2.13. The second-order valence-corrected chi connectivity index (χ2v) is 6.95. The minimum Gasteiger partial charge on any atom is -0.458 e. The molecular formula is C21H15F4NO3. The number of furan rings is 1. The van der Waals surface area contributed by atoms with Crippen LogP contribution in [0.3, 0.4) is 0 Å². The second-order valence-electron chi connectivity index (χ2n) is 6.95. The molecule has 29 heavy (non-hydrogen) atoms. The first-order valence-electron chi connectivity index (χ1n) is 8.77. The van der Waals surface area contributed by atoms with Gasteiger partial charge in [0, 0.05) is 34.5 Å². The summed E-state index contributed by atoms with van der Waals surface area (Å²) in [5, 5.41) is 4.18. The van der Waals surface area contributed by atoms with Crippen LogP contribution in [0.4, 0.5) is 28.9 Å². The molecule has 0 unspecified atom stereocenters. The molecule has 0 saturated carbocycles. The van der Waals surface area contributed by atoms with E-state index in [1.54, 1.807) is 18.2 Å².